The van der Waals surface area contributed by atoms with E-state index in [1.54, 1.807) is 12.3 Å². The van der Waals surface area contributed by atoms with Gasteiger partial charge in [0.2, 0.25) is 0 Å². The maximum atomic E-state index is 11.2. The Labute approximate surface area is 101 Å². The van der Waals surface area contributed by atoms with Crippen LogP contribution in [0.1, 0.15) is 35.8 Å². The third-order valence-electron chi connectivity index (χ3n) is 3.05. The van der Waals surface area contributed by atoms with E-state index in [9.17, 15) is 4.79 Å². The molecule has 17 heavy (non-hydrogen) atoms. The molecule has 1 amide bonds. The number of aromatic nitrogens is 1. The summed E-state index contributed by atoms with van der Waals surface area (Å²) in [5.41, 5.74) is 3.58. The van der Waals surface area contributed by atoms with Crippen molar-refractivity contribution in [1.82, 2.24) is 15.3 Å². The van der Waals surface area contributed by atoms with E-state index in [4.69, 9.17) is 5.84 Å². The Bertz CT molecular complexity index is 386. The number of amides is 1. The van der Waals surface area contributed by atoms with Crippen LogP contribution in [0.2, 0.25) is 0 Å². The van der Waals surface area contributed by atoms with E-state index < -0.39 is 0 Å². The molecule has 0 bridgehead atoms. The zero-order valence-electron chi connectivity index (χ0n) is 10.0. The van der Waals surface area contributed by atoms with Gasteiger partial charge in [-0.1, -0.05) is 6.92 Å². The highest BCUT2D eigenvalue weighted by Crippen LogP contribution is 2.27. The number of carbonyl (C=O) groups excluding carboxylic acids is 1. The lowest BCUT2D eigenvalue weighted by Crippen LogP contribution is -2.30. The minimum absolute atomic E-state index is 0.307. The Kier molecular flexibility index (Phi) is 3.71. The molecule has 0 aliphatic heterocycles. The van der Waals surface area contributed by atoms with Crippen LogP contribution in [0.4, 0.5) is 0 Å². The van der Waals surface area contributed by atoms with Crippen molar-refractivity contribution in [3.05, 3.63) is 29.6 Å². The standard InChI is InChI=1S/C12H18N4O/c1-2-16(11-5-6-11)8-10-4-3-9(7-14-10)12(17)15-13/h3-4,7,11H,2,5-6,8,13H2,1H3,(H,15,17). The van der Waals surface area contributed by atoms with Crippen LogP contribution in [-0.2, 0) is 6.54 Å². The maximum absolute atomic E-state index is 11.2. The highest BCUT2D eigenvalue weighted by Gasteiger charge is 2.27. The van der Waals surface area contributed by atoms with Crippen LogP contribution in [0.5, 0.6) is 0 Å². The summed E-state index contributed by atoms with van der Waals surface area (Å²) in [5.74, 6) is 4.75. The molecular weight excluding hydrogens is 216 g/mol. The Balaban J connectivity index is 1.99. The van der Waals surface area contributed by atoms with Crippen molar-refractivity contribution in [2.24, 2.45) is 5.84 Å². The van der Waals surface area contributed by atoms with Gasteiger partial charge in [0.15, 0.2) is 0 Å². The van der Waals surface area contributed by atoms with Gasteiger partial charge >= 0.3 is 0 Å². The molecule has 5 nitrogen and oxygen atoms in total. The van der Waals surface area contributed by atoms with E-state index in [-0.39, 0.29) is 5.91 Å². The summed E-state index contributed by atoms with van der Waals surface area (Å²) in [6.45, 7) is 4.05. The highest BCUT2D eigenvalue weighted by atomic mass is 16.2. The third-order valence-corrected chi connectivity index (χ3v) is 3.05. The second kappa shape index (κ2) is 5.25. The molecule has 1 heterocycles. The van der Waals surface area contributed by atoms with Gasteiger partial charge in [0.05, 0.1) is 11.3 Å². The Hall–Kier alpha value is -1.46. The molecule has 0 spiro atoms. The predicted octanol–water partition coefficient (Wildman–Crippen LogP) is 0.669. The molecule has 0 radical (unpaired) electrons. The molecule has 0 atom stereocenters. The fourth-order valence-electron chi connectivity index (χ4n) is 1.88. The minimum Gasteiger partial charge on any atom is -0.295 e. The van der Waals surface area contributed by atoms with E-state index in [0.29, 0.717) is 5.56 Å². The molecular formula is C12H18N4O. The van der Waals surface area contributed by atoms with Gasteiger partial charge in [0.1, 0.15) is 0 Å². The summed E-state index contributed by atoms with van der Waals surface area (Å²) in [7, 11) is 0. The molecule has 1 fully saturated rings. The largest absolute Gasteiger partial charge is 0.295 e. The van der Waals surface area contributed by atoms with E-state index in [2.05, 4.69) is 22.2 Å². The molecule has 0 aromatic carbocycles. The number of hydrazine groups is 1. The predicted molar refractivity (Wildman–Crippen MR) is 65.0 cm³/mol. The molecule has 0 unspecified atom stereocenters. The summed E-state index contributed by atoms with van der Waals surface area (Å²) >= 11 is 0. The lowest BCUT2D eigenvalue weighted by Gasteiger charge is -2.19. The molecule has 0 saturated heterocycles. The first-order valence-electron chi connectivity index (χ1n) is 5.94. The molecule has 1 aromatic heterocycles. The average molecular weight is 234 g/mol. The maximum Gasteiger partial charge on any atom is 0.266 e. The molecule has 1 saturated carbocycles. The van der Waals surface area contributed by atoms with Gasteiger partial charge in [-0.3, -0.25) is 20.1 Å². The van der Waals surface area contributed by atoms with E-state index in [1.165, 1.54) is 12.8 Å². The van der Waals surface area contributed by atoms with Crippen molar-refractivity contribution in [2.75, 3.05) is 6.54 Å². The van der Waals surface area contributed by atoms with Crippen molar-refractivity contribution in [1.29, 1.82) is 0 Å². The number of hydrogen-bond acceptors (Lipinski definition) is 4. The lowest BCUT2D eigenvalue weighted by atomic mass is 10.2. The summed E-state index contributed by atoms with van der Waals surface area (Å²) in [4.78, 5) is 17.9. The van der Waals surface area contributed by atoms with Gasteiger partial charge < -0.3 is 0 Å². The molecule has 1 aromatic rings. The van der Waals surface area contributed by atoms with E-state index >= 15 is 0 Å². The Morgan fingerprint density at radius 2 is 2.35 bits per heavy atom. The van der Waals surface area contributed by atoms with Crippen molar-refractivity contribution >= 4 is 5.91 Å². The summed E-state index contributed by atoms with van der Waals surface area (Å²) in [6, 6.07) is 4.37. The number of hydrogen-bond donors (Lipinski definition) is 2. The van der Waals surface area contributed by atoms with Crippen LogP contribution in [0.25, 0.3) is 0 Å². The van der Waals surface area contributed by atoms with Gasteiger partial charge in [-0.2, -0.15) is 0 Å². The minimum atomic E-state index is -0.307. The van der Waals surface area contributed by atoms with Crippen LogP contribution < -0.4 is 11.3 Å². The smallest absolute Gasteiger partial charge is 0.266 e. The number of carbonyl (C=O) groups is 1. The number of nitrogen functional groups attached to an aromatic ring is 1. The van der Waals surface area contributed by atoms with Gasteiger partial charge in [-0.15, -0.1) is 0 Å². The van der Waals surface area contributed by atoms with Crippen LogP contribution in [0.15, 0.2) is 18.3 Å². The molecule has 5 heteroatoms. The second-order valence-corrected chi connectivity index (χ2v) is 4.31. The first kappa shape index (κ1) is 12.0. The summed E-state index contributed by atoms with van der Waals surface area (Å²) in [5, 5.41) is 0. The number of nitrogens with two attached hydrogens (primary N) is 1. The number of rotatable bonds is 5. The molecule has 2 rings (SSSR count). The molecule has 1 aliphatic carbocycles. The van der Waals surface area contributed by atoms with Gasteiger partial charge in [0.25, 0.3) is 5.91 Å². The lowest BCUT2D eigenvalue weighted by molar-refractivity contribution is 0.0953. The molecule has 1 aliphatic rings. The van der Waals surface area contributed by atoms with Gasteiger partial charge in [-0.25, -0.2) is 5.84 Å². The Morgan fingerprint density at radius 1 is 1.59 bits per heavy atom. The SMILES string of the molecule is CCN(Cc1ccc(C(=O)NN)cn1)C1CC1. The molecule has 3 N–H and O–H groups in total. The van der Waals surface area contributed by atoms with Crippen LogP contribution in [-0.4, -0.2) is 28.4 Å². The normalized spacial score (nSPS) is 15.0. The average Bonchev–Trinajstić information content (AvgIpc) is 3.20. The van der Waals surface area contributed by atoms with Crippen molar-refractivity contribution in [2.45, 2.75) is 32.4 Å². The van der Waals surface area contributed by atoms with Gasteiger partial charge in [-0.05, 0) is 31.5 Å². The number of pyridine rings is 1. The van der Waals surface area contributed by atoms with Crippen molar-refractivity contribution in [3.8, 4) is 0 Å². The summed E-state index contributed by atoms with van der Waals surface area (Å²) in [6.07, 6.45) is 4.15. The molecule has 92 valence electrons. The summed E-state index contributed by atoms with van der Waals surface area (Å²) < 4.78 is 0. The number of nitrogens with one attached hydrogen (secondary N) is 1. The highest BCUT2D eigenvalue weighted by molar-refractivity contribution is 5.93. The zero-order valence-corrected chi connectivity index (χ0v) is 10.0. The van der Waals surface area contributed by atoms with Crippen molar-refractivity contribution in [3.63, 3.8) is 0 Å². The fraction of sp³-hybridized carbons (Fsp3) is 0.500. The quantitative estimate of drug-likeness (QED) is 0.446. The van der Waals surface area contributed by atoms with Gasteiger partial charge in [0, 0.05) is 18.8 Å². The zero-order chi connectivity index (χ0) is 12.3. The Morgan fingerprint density at radius 3 is 2.82 bits per heavy atom. The monoisotopic (exact) mass is 234 g/mol. The third kappa shape index (κ3) is 3.01. The first-order valence-corrected chi connectivity index (χ1v) is 5.94. The second-order valence-electron chi connectivity index (χ2n) is 4.31. The first-order chi connectivity index (χ1) is 8.24. The topological polar surface area (TPSA) is 71.2 Å². The fourth-order valence-corrected chi connectivity index (χ4v) is 1.88. The van der Waals surface area contributed by atoms with Crippen LogP contribution in [0.3, 0.4) is 0 Å². The number of nitrogens with zero attached hydrogens (tertiary/aromatic N) is 2. The van der Waals surface area contributed by atoms with E-state index in [0.717, 1.165) is 24.8 Å². The van der Waals surface area contributed by atoms with Crippen LogP contribution >= 0.6 is 0 Å². The van der Waals surface area contributed by atoms with Crippen molar-refractivity contribution < 1.29 is 4.79 Å². The van der Waals surface area contributed by atoms with E-state index in [1.807, 2.05) is 6.07 Å². The van der Waals surface area contributed by atoms with Crippen LogP contribution in [0, 0.1) is 0 Å².